The molecule has 0 aliphatic heterocycles. The fraction of sp³-hybridized carbons (Fsp3) is 0.750. The first-order valence-corrected chi connectivity index (χ1v) is 11.9. The third-order valence-corrected chi connectivity index (χ3v) is 6.92. The van der Waals surface area contributed by atoms with Crippen LogP contribution >= 0.6 is 0 Å². The van der Waals surface area contributed by atoms with Gasteiger partial charge in [0.05, 0.1) is 6.10 Å². The van der Waals surface area contributed by atoms with E-state index in [1.165, 1.54) is 38.5 Å². The summed E-state index contributed by atoms with van der Waals surface area (Å²) in [6.45, 7) is 1.08. The minimum atomic E-state index is -5.34. The SMILES string of the molecule is CCCC1CCC(C2CCC(OCC(F)(F)Oc3cc(F)c(OC(F)(F)F)c(F)c3)CC2)CC1. The maximum Gasteiger partial charge on any atom is 0.573 e. The van der Waals surface area contributed by atoms with Crippen LogP contribution in [0.4, 0.5) is 30.7 Å². The zero-order valence-corrected chi connectivity index (χ0v) is 19.1. The predicted molar refractivity (Wildman–Crippen MR) is 111 cm³/mol. The van der Waals surface area contributed by atoms with Crippen LogP contribution in [0.5, 0.6) is 11.5 Å². The standard InChI is InChI=1S/C24H31F7O3/c1-2-3-15-4-6-16(7-5-15)17-8-10-18(11-9-17)32-14-23(27,28)33-19-12-20(25)22(21(26)13-19)34-24(29,30)31/h12-13,15-18H,2-11,14H2,1H3. The van der Waals surface area contributed by atoms with Gasteiger partial charge in [-0.3, -0.25) is 0 Å². The van der Waals surface area contributed by atoms with Crippen LogP contribution in [0.2, 0.25) is 0 Å². The Morgan fingerprint density at radius 2 is 1.32 bits per heavy atom. The lowest BCUT2D eigenvalue weighted by molar-refractivity contribution is -0.276. The van der Waals surface area contributed by atoms with E-state index >= 15 is 0 Å². The highest BCUT2D eigenvalue weighted by Gasteiger charge is 2.38. The van der Waals surface area contributed by atoms with E-state index in [0.29, 0.717) is 24.7 Å². The van der Waals surface area contributed by atoms with Crippen molar-refractivity contribution in [3.63, 3.8) is 0 Å². The molecular weight excluding hydrogens is 469 g/mol. The minimum Gasteiger partial charge on any atom is -0.431 e. The van der Waals surface area contributed by atoms with E-state index in [2.05, 4.69) is 16.4 Å². The summed E-state index contributed by atoms with van der Waals surface area (Å²) in [6, 6.07) is 0.414. The summed E-state index contributed by atoms with van der Waals surface area (Å²) in [5, 5.41) is 0. The first kappa shape index (κ1) is 26.9. The molecule has 0 heterocycles. The van der Waals surface area contributed by atoms with Gasteiger partial charge in [0.25, 0.3) is 0 Å². The van der Waals surface area contributed by atoms with Crippen molar-refractivity contribution in [1.82, 2.24) is 0 Å². The van der Waals surface area contributed by atoms with Gasteiger partial charge in [-0.1, -0.05) is 32.6 Å². The Morgan fingerprint density at radius 3 is 1.82 bits per heavy atom. The van der Waals surface area contributed by atoms with E-state index in [1.807, 2.05) is 0 Å². The third kappa shape index (κ3) is 7.92. The van der Waals surface area contributed by atoms with Gasteiger partial charge in [-0.25, -0.2) is 8.78 Å². The first-order chi connectivity index (χ1) is 16.0. The van der Waals surface area contributed by atoms with Crippen molar-refractivity contribution in [1.29, 1.82) is 0 Å². The Balaban J connectivity index is 1.44. The zero-order valence-electron chi connectivity index (χ0n) is 19.1. The monoisotopic (exact) mass is 500 g/mol. The molecule has 3 nitrogen and oxygen atoms in total. The van der Waals surface area contributed by atoms with Crippen molar-refractivity contribution in [3.05, 3.63) is 23.8 Å². The van der Waals surface area contributed by atoms with Crippen molar-refractivity contribution >= 4 is 0 Å². The van der Waals surface area contributed by atoms with Gasteiger partial charge in [0.2, 0.25) is 5.75 Å². The summed E-state index contributed by atoms with van der Waals surface area (Å²) in [7, 11) is 0. The van der Waals surface area contributed by atoms with Crippen LogP contribution in [0, 0.1) is 29.4 Å². The molecular formula is C24H31F7O3. The first-order valence-electron chi connectivity index (χ1n) is 11.9. The number of halogens is 7. The summed E-state index contributed by atoms with van der Waals surface area (Å²) in [6.07, 6.45) is 1.01. The molecule has 0 amide bonds. The second kappa shape index (κ2) is 11.4. The van der Waals surface area contributed by atoms with E-state index < -0.39 is 42.2 Å². The molecule has 0 unspecified atom stereocenters. The van der Waals surface area contributed by atoms with Crippen molar-refractivity contribution < 1.29 is 44.9 Å². The van der Waals surface area contributed by atoms with Crippen molar-refractivity contribution in [2.24, 2.45) is 17.8 Å². The van der Waals surface area contributed by atoms with E-state index in [1.54, 1.807) is 0 Å². The van der Waals surface area contributed by atoms with Crippen LogP contribution in [-0.4, -0.2) is 25.2 Å². The number of rotatable bonds is 9. The maximum absolute atomic E-state index is 14.2. The molecule has 194 valence electrons. The topological polar surface area (TPSA) is 27.7 Å². The molecule has 0 radical (unpaired) electrons. The van der Waals surface area contributed by atoms with Crippen LogP contribution in [-0.2, 0) is 4.74 Å². The Kier molecular flexibility index (Phi) is 8.98. The lowest BCUT2D eigenvalue weighted by Crippen LogP contribution is -2.35. The van der Waals surface area contributed by atoms with Crippen LogP contribution in [0.15, 0.2) is 12.1 Å². The summed E-state index contributed by atoms with van der Waals surface area (Å²) in [5.74, 6) is -4.23. The molecule has 0 atom stereocenters. The van der Waals surface area contributed by atoms with Gasteiger partial charge in [-0.05, 0) is 56.3 Å². The van der Waals surface area contributed by atoms with Gasteiger partial charge in [0.1, 0.15) is 5.75 Å². The van der Waals surface area contributed by atoms with Crippen LogP contribution in [0.1, 0.15) is 71.1 Å². The van der Waals surface area contributed by atoms with Crippen molar-refractivity contribution in [2.45, 2.75) is 89.7 Å². The molecule has 2 saturated carbocycles. The second-order valence-corrected chi connectivity index (χ2v) is 9.42. The molecule has 0 N–H and O–H groups in total. The largest absolute Gasteiger partial charge is 0.573 e. The summed E-state index contributed by atoms with van der Waals surface area (Å²) < 4.78 is 105. The van der Waals surface area contributed by atoms with Gasteiger partial charge < -0.3 is 14.2 Å². The quantitative estimate of drug-likeness (QED) is 0.322. The zero-order chi connectivity index (χ0) is 24.9. The number of alkyl halides is 5. The molecule has 2 aliphatic carbocycles. The van der Waals surface area contributed by atoms with E-state index in [4.69, 9.17) is 4.74 Å². The van der Waals surface area contributed by atoms with Gasteiger partial charge in [-0.15, -0.1) is 13.2 Å². The van der Waals surface area contributed by atoms with Gasteiger partial charge in [0.15, 0.2) is 18.2 Å². The fourth-order valence-corrected chi connectivity index (χ4v) is 5.31. The Morgan fingerprint density at radius 1 is 0.794 bits per heavy atom. The highest BCUT2D eigenvalue weighted by molar-refractivity contribution is 5.35. The van der Waals surface area contributed by atoms with Crippen molar-refractivity contribution in [3.8, 4) is 11.5 Å². The molecule has 10 heteroatoms. The predicted octanol–water partition coefficient (Wildman–Crippen LogP) is 8.02. The fourth-order valence-electron chi connectivity index (χ4n) is 5.31. The molecule has 34 heavy (non-hydrogen) atoms. The highest BCUT2D eigenvalue weighted by Crippen LogP contribution is 2.41. The van der Waals surface area contributed by atoms with Crippen molar-refractivity contribution in [2.75, 3.05) is 6.61 Å². The van der Waals surface area contributed by atoms with E-state index in [-0.39, 0.29) is 18.2 Å². The number of ether oxygens (including phenoxy) is 3. The van der Waals surface area contributed by atoms with Gasteiger partial charge in [0, 0.05) is 12.1 Å². The Hall–Kier alpha value is -1.71. The highest BCUT2D eigenvalue weighted by atomic mass is 19.4. The summed E-state index contributed by atoms with van der Waals surface area (Å²) >= 11 is 0. The Bertz CT molecular complexity index is 760. The molecule has 1 aromatic carbocycles. The molecule has 0 spiro atoms. The molecule has 2 fully saturated rings. The van der Waals surface area contributed by atoms with Crippen LogP contribution in [0.25, 0.3) is 0 Å². The summed E-state index contributed by atoms with van der Waals surface area (Å²) in [4.78, 5) is 0. The number of hydrogen-bond acceptors (Lipinski definition) is 3. The number of hydrogen-bond donors (Lipinski definition) is 0. The molecule has 1 aromatic rings. The molecule has 0 bridgehead atoms. The average molecular weight is 500 g/mol. The normalized spacial score (nSPS) is 26.4. The summed E-state index contributed by atoms with van der Waals surface area (Å²) in [5.41, 5.74) is 0. The van der Waals surface area contributed by atoms with Crippen LogP contribution < -0.4 is 9.47 Å². The van der Waals surface area contributed by atoms with Gasteiger partial charge >= 0.3 is 12.5 Å². The lowest BCUT2D eigenvalue weighted by Gasteiger charge is -2.38. The van der Waals surface area contributed by atoms with E-state index in [9.17, 15) is 30.7 Å². The lowest BCUT2D eigenvalue weighted by atomic mass is 9.70. The number of benzene rings is 1. The Labute approximate surface area is 194 Å². The molecule has 0 aromatic heterocycles. The molecule has 0 saturated heterocycles. The average Bonchev–Trinajstić information content (AvgIpc) is 2.75. The third-order valence-electron chi connectivity index (χ3n) is 6.92. The maximum atomic E-state index is 14.2. The van der Waals surface area contributed by atoms with Crippen LogP contribution in [0.3, 0.4) is 0 Å². The second-order valence-electron chi connectivity index (χ2n) is 9.42. The smallest absolute Gasteiger partial charge is 0.431 e. The van der Waals surface area contributed by atoms with E-state index in [0.717, 1.165) is 18.8 Å². The van der Waals surface area contributed by atoms with Gasteiger partial charge in [-0.2, -0.15) is 8.78 Å². The molecule has 3 rings (SSSR count). The minimum absolute atomic E-state index is 0.207. The molecule has 2 aliphatic rings.